The topological polar surface area (TPSA) is 0 Å². The Morgan fingerprint density at radius 1 is 0.500 bits per heavy atom. The van der Waals surface area contributed by atoms with Crippen molar-refractivity contribution in [3.05, 3.63) is 95.1 Å². The molecule has 24 heavy (non-hydrogen) atoms. The van der Waals surface area contributed by atoms with Crippen LogP contribution in [-0.2, 0) is 12.8 Å². The smallest absolute Gasteiger partial charge is 0.00427 e. The molecule has 0 aromatic heterocycles. The summed E-state index contributed by atoms with van der Waals surface area (Å²) >= 11 is 0. The van der Waals surface area contributed by atoms with Crippen LogP contribution in [0.15, 0.2) is 72.8 Å². The fourth-order valence-electron chi connectivity index (χ4n) is 5.27. The van der Waals surface area contributed by atoms with Gasteiger partial charge in [0, 0.05) is 0 Å². The van der Waals surface area contributed by atoms with E-state index >= 15 is 0 Å². The van der Waals surface area contributed by atoms with E-state index in [0.29, 0.717) is 11.8 Å². The van der Waals surface area contributed by atoms with Crippen LogP contribution in [-0.4, -0.2) is 0 Å². The summed E-state index contributed by atoms with van der Waals surface area (Å²) in [4.78, 5) is 0. The third kappa shape index (κ3) is 1.54. The quantitative estimate of drug-likeness (QED) is 0.375. The molecule has 0 saturated heterocycles. The zero-order valence-corrected chi connectivity index (χ0v) is 13.5. The molecule has 0 saturated carbocycles. The van der Waals surface area contributed by atoms with Gasteiger partial charge in [0.25, 0.3) is 0 Å². The molecule has 0 bridgehead atoms. The Kier molecular flexibility index (Phi) is 2.38. The molecule has 0 heteroatoms. The van der Waals surface area contributed by atoms with Gasteiger partial charge >= 0.3 is 0 Å². The van der Waals surface area contributed by atoms with Crippen LogP contribution in [0.3, 0.4) is 0 Å². The Labute approximate surface area is 141 Å². The SMILES string of the molecule is c1cc2c3c(cccc3c1)CC1c3cccc4cccc(c34)C1C2. The summed E-state index contributed by atoms with van der Waals surface area (Å²) in [5.41, 5.74) is 6.19. The number of fused-ring (bicyclic) bond motifs is 3. The molecule has 4 aromatic rings. The molecule has 0 fully saturated rings. The van der Waals surface area contributed by atoms with Crippen LogP contribution >= 0.6 is 0 Å². The third-order valence-electron chi connectivity index (χ3n) is 6.21. The molecule has 4 aromatic carbocycles. The van der Waals surface area contributed by atoms with E-state index in [1.54, 1.807) is 11.1 Å². The normalized spacial score (nSPS) is 21.0. The molecule has 0 N–H and O–H groups in total. The van der Waals surface area contributed by atoms with Crippen molar-refractivity contribution in [2.45, 2.75) is 24.7 Å². The number of hydrogen-bond donors (Lipinski definition) is 0. The first kappa shape index (κ1) is 12.8. The minimum atomic E-state index is 0.615. The maximum atomic E-state index is 2.37. The standard InChI is InChI=1S/C24H18/c1-5-15-6-2-10-18-14-22-20-12-4-8-16-7-3-11-19(24(16)20)21(22)13-17(9-1)23(15)18/h1-12,21-22H,13-14H2. The zero-order chi connectivity index (χ0) is 15.7. The Bertz CT molecular complexity index is 1020. The summed E-state index contributed by atoms with van der Waals surface area (Å²) in [6, 6.07) is 27.4. The number of hydrogen-bond acceptors (Lipinski definition) is 0. The van der Waals surface area contributed by atoms with Crippen LogP contribution in [0.2, 0.25) is 0 Å². The van der Waals surface area contributed by atoms with E-state index in [9.17, 15) is 0 Å². The molecule has 0 heterocycles. The Balaban J connectivity index is 1.66. The summed E-state index contributed by atoms with van der Waals surface area (Å²) in [6.07, 6.45) is 2.32. The van der Waals surface area contributed by atoms with Gasteiger partial charge in [0.15, 0.2) is 0 Å². The van der Waals surface area contributed by atoms with Crippen LogP contribution in [0.1, 0.15) is 34.1 Å². The summed E-state index contributed by atoms with van der Waals surface area (Å²) in [5.74, 6) is 1.23. The van der Waals surface area contributed by atoms with Gasteiger partial charge in [-0.15, -0.1) is 0 Å². The van der Waals surface area contributed by atoms with Gasteiger partial charge in [0.1, 0.15) is 0 Å². The van der Waals surface area contributed by atoms with Gasteiger partial charge in [0.05, 0.1) is 0 Å². The van der Waals surface area contributed by atoms with Crippen molar-refractivity contribution >= 4 is 21.5 Å². The Morgan fingerprint density at radius 2 is 0.958 bits per heavy atom. The Morgan fingerprint density at radius 3 is 1.50 bits per heavy atom. The van der Waals surface area contributed by atoms with E-state index in [1.165, 1.54) is 32.7 Å². The fourth-order valence-corrected chi connectivity index (χ4v) is 5.27. The number of benzene rings is 4. The highest BCUT2D eigenvalue weighted by molar-refractivity contribution is 5.94. The van der Waals surface area contributed by atoms with Gasteiger partial charge in [-0.2, -0.15) is 0 Å². The van der Waals surface area contributed by atoms with Gasteiger partial charge in [-0.1, -0.05) is 72.8 Å². The second-order valence-corrected chi connectivity index (χ2v) is 7.35. The lowest BCUT2D eigenvalue weighted by molar-refractivity contribution is 0.565. The number of rotatable bonds is 0. The van der Waals surface area contributed by atoms with Crippen molar-refractivity contribution in [1.29, 1.82) is 0 Å². The van der Waals surface area contributed by atoms with Crippen molar-refractivity contribution in [3.63, 3.8) is 0 Å². The predicted molar refractivity (Wildman–Crippen MR) is 101 cm³/mol. The van der Waals surface area contributed by atoms with Crippen LogP contribution in [0.25, 0.3) is 21.5 Å². The van der Waals surface area contributed by atoms with Crippen LogP contribution in [0.5, 0.6) is 0 Å². The maximum absolute atomic E-state index is 2.37. The molecular weight excluding hydrogens is 288 g/mol. The average molecular weight is 306 g/mol. The minimum absolute atomic E-state index is 0.615. The lowest BCUT2D eigenvalue weighted by Crippen LogP contribution is -2.08. The second kappa shape index (κ2) is 4.48. The largest absolute Gasteiger partial charge is 0.0614 e. The third-order valence-corrected chi connectivity index (χ3v) is 6.21. The first-order valence-electron chi connectivity index (χ1n) is 8.91. The van der Waals surface area contributed by atoms with E-state index in [1.807, 2.05) is 0 Å². The molecule has 0 nitrogen and oxygen atoms in total. The monoisotopic (exact) mass is 306 g/mol. The van der Waals surface area contributed by atoms with Crippen LogP contribution in [0.4, 0.5) is 0 Å². The van der Waals surface area contributed by atoms with E-state index in [4.69, 9.17) is 0 Å². The second-order valence-electron chi connectivity index (χ2n) is 7.35. The van der Waals surface area contributed by atoms with E-state index in [0.717, 1.165) is 12.8 Å². The zero-order valence-electron chi connectivity index (χ0n) is 13.5. The molecule has 0 spiro atoms. The molecule has 6 rings (SSSR count). The van der Waals surface area contributed by atoms with E-state index in [-0.39, 0.29) is 0 Å². The summed E-state index contributed by atoms with van der Waals surface area (Å²) in [5, 5.41) is 5.85. The highest BCUT2D eigenvalue weighted by Gasteiger charge is 2.36. The highest BCUT2D eigenvalue weighted by Crippen LogP contribution is 2.51. The Hall–Kier alpha value is -2.60. The molecule has 0 radical (unpaired) electrons. The van der Waals surface area contributed by atoms with Crippen molar-refractivity contribution in [1.82, 2.24) is 0 Å². The molecule has 2 unspecified atom stereocenters. The molecular formula is C24H18. The molecule has 114 valence electrons. The lowest BCUT2D eigenvalue weighted by Gasteiger charge is -2.19. The van der Waals surface area contributed by atoms with Crippen LogP contribution in [0, 0.1) is 0 Å². The molecule has 2 aliphatic carbocycles. The van der Waals surface area contributed by atoms with Gasteiger partial charge in [-0.3, -0.25) is 0 Å². The maximum Gasteiger partial charge on any atom is -0.00427 e. The molecule has 0 amide bonds. The van der Waals surface area contributed by atoms with Gasteiger partial charge in [-0.25, -0.2) is 0 Å². The highest BCUT2D eigenvalue weighted by atomic mass is 14.4. The predicted octanol–water partition coefficient (Wildman–Crippen LogP) is 5.97. The minimum Gasteiger partial charge on any atom is -0.0614 e. The van der Waals surface area contributed by atoms with Gasteiger partial charge in [0.2, 0.25) is 0 Å². The van der Waals surface area contributed by atoms with Crippen molar-refractivity contribution < 1.29 is 0 Å². The van der Waals surface area contributed by atoms with Gasteiger partial charge in [-0.05, 0) is 68.5 Å². The molecule has 0 aliphatic heterocycles. The first-order chi connectivity index (χ1) is 11.9. The fraction of sp³-hybridized carbons (Fsp3) is 0.167. The van der Waals surface area contributed by atoms with Crippen molar-refractivity contribution in [2.24, 2.45) is 0 Å². The van der Waals surface area contributed by atoms with Crippen LogP contribution < -0.4 is 0 Å². The average Bonchev–Trinajstić information content (AvgIpc) is 2.81. The summed E-state index contributed by atoms with van der Waals surface area (Å²) in [6.45, 7) is 0. The molecule has 2 aliphatic rings. The van der Waals surface area contributed by atoms with Gasteiger partial charge < -0.3 is 0 Å². The van der Waals surface area contributed by atoms with Crippen molar-refractivity contribution in [2.75, 3.05) is 0 Å². The summed E-state index contributed by atoms with van der Waals surface area (Å²) < 4.78 is 0. The first-order valence-corrected chi connectivity index (χ1v) is 8.91. The van der Waals surface area contributed by atoms with Crippen molar-refractivity contribution in [3.8, 4) is 0 Å². The van der Waals surface area contributed by atoms with E-state index in [2.05, 4.69) is 72.8 Å². The van der Waals surface area contributed by atoms with E-state index < -0.39 is 0 Å². The lowest BCUT2D eigenvalue weighted by atomic mass is 9.84. The molecule has 2 atom stereocenters. The summed E-state index contributed by atoms with van der Waals surface area (Å²) in [7, 11) is 0.